The highest BCUT2D eigenvalue weighted by Gasteiger charge is 2.12. The maximum absolute atomic E-state index is 5.29. The number of aromatic nitrogens is 1. The molecule has 5 heteroatoms. The first kappa shape index (κ1) is 9.89. The summed E-state index contributed by atoms with van der Waals surface area (Å²) in [4.78, 5) is 6.73. The van der Waals surface area contributed by atoms with E-state index in [-0.39, 0.29) is 0 Å². The van der Waals surface area contributed by atoms with Gasteiger partial charge in [0, 0.05) is 20.1 Å². The van der Waals surface area contributed by atoms with Crippen molar-refractivity contribution < 1.29 is 4.74 Å². The van der Waals surface area contributed by atoms with E-state index in [1.54, 1.807) is 11.3 Å². The number of thiazole rings is 1. The number of morpholine rings is 1. The molecule has 1 N–H and O–H groups in total. The molecule has 0 aromatic carbocycles. The van der Waals surface area contributed by atoms with Gasteiger partial charge in [0.2, 0.25) is 0 Å². The molecule has 0 saturated carbocycles. The fraction of sp³-hybridized carbons (Fsp3) is 0.667. The molecule has 0 atom stereocenters. The van der Waals surface area contributed by atoms with Gasteiger partial charge in [-0.3, -0.25) is 4.90 Å². The van der Waals surface area contributed by atoms with Crippen LogP contribution in [0, 0.1) is 0 Å². The first-order valence-corrected chi connectivity index (χ1v) is 5.62. The van der Waals surface area contributed by atoms with Crippen molar-refractivity contribution >= 4 is 16.3 Å². The minimum Gasteiger partial charge on any atom is -0.379 e. The zero-order valence-corrected chi connectivity index (χ0v) is 9.14. The Morgan fingerprint density at radius 1 is 1.57 bits per heavy atom. The Bertz CT molecular complexity index is 283. The van der Waals surface area contributed by atoms with Crippen LogP contribution in [0.5, 0.6) is 0 Å². The van der Waals surface area contributed by atoms with Gasteiger partial charge in [0.25, 0.3) is 0 Å². The molecule has 14 heavy (non-hydrogen) atoms. The molecule has 1 aliphatic rings. The van der Waals surface area contributed by atoms with Crippen LogP contribution in [-0.4, -0.2) is 43.2 Å². The minimum absolute atomic E-state index is 0.851. The molecule has 1 aromatic rings. The molecule has 0 unspecified atom stereocenters. The second-order valence-electron chi connectivity index (χ2n) is 3.26. The maximum atomic E-state index is 5.29. The summed E-state index contributed by atoms with van der Waals surface area (Å²) in [7, 11) is 1.92. The lowest BCUT2D eigenvalue weighted by molar-refractivity contribution is 0.0341. The fourth-order valence-corrected chi connectivity index (χ4v) is 2.26. The van der Waals surface area contributed by atoms with Gasteiger partial charge in [-0.05, 0) is 0 Å². The Kier molecular flexibility index (Phi) is 3.34. The summed E-state index contributed by atoms with van der Waals surface area (Å²) < 4.78 is 5.29. The highest BCUT2D eigenvalue weighted by Crippen LogP contribution is 2.19. The molecule has 0 amide bonds. The van der Waals surface area contributed by atoms with Crippen molar-refractivity contribution in [1.82, 2.24) is 9.88 Å². The highest BCUT2D eigenvalue weighted by atomic mass is 32.1. The summed E-state index contributed by atoms with van der Waals surface area (Å²) >= 11 is 1.72. The van der Waals surface area contributed by atoms with Crippen LogP contribution in [0.1, 0.15) is 5.01 Å². The lowest BCUT2D eigenvalue weighted by atomic mass is 10.4. The smallest absolute Gasteiger partial charge is 0.109 e. The first-order chi connectivity index (χ1) is 6.88. The van der Waals surface area contributed by atoms with Crippen LogP contribution in [0.15, 0.2) is 6.20 Å². The van der Waals surface area contributed by atoms with Gasteiger partial charge in [-0.25, -0.2) is 4.98 Å². The molecule has 0 spiro atoms. The average molecular weight is 213 g/mol. The van der Waals surface area contributed by atoms with Gasteiger partial charge in [-0.1, -0.05) is 0 Å². The third-order valence-corrected chi connectivity index (χ3v) is 3.26. The van der Waals surface area contributed by atoms with Crippen LogP contribution in [0.4, 0.5) is 5.00 Å². The van der Waals surface area contributed by atoms with Crippen LogP contribution in [0.25, 0.3) is 0 Å². The summed E-state index contributed by atoms with van der Waals surface area (Å²) in [6.45, 7) is 4.70. The summed E-state index contributed by atoms with van der Waals surface area (Å²) in [6.07, 6.45) is 1.89. The number of anilines is 1. The number of rotatable bonds is 3. The quantitative estimate of drug-likeness (QED) is 0.813. The lowest BCUT2D eigenvalue weighted by Crippen LogP contribution is -2.35. The predicted octanol–water partition coefficient (Wildman–Crippen LogP) is 1.02. The van der Waals surface area contributed by atoms with E-state index in [1.165, 1.54) is 5.01 Å². The predicted molar refractivity (Wildman–Crippen MR) is 57.8 cm³/mol. The Morgan fingerprint density at radius 2 is 2.36 bits per heavy atom. The molecular formula is C9H15N3OS. The van der Waals surface area contributed by atoms with E-state index in [4.69, 9.17) is 4.74 Å². The third kappa shape index (κ3) is 2.43. The van der Waals surface area contributed by atoms with E-state index < -0.39 is 0 Å². The average Bonchev–Trinajstić information content (AvgIpc) is 2.67. The largest absolute Gasteiger partial charge is 0.379 e. The number of nitrogens with zero attached hydrogens (tertiary/aromatic N) is 2. The molecule has 0 radical (unpaired) electrons. The Balaban J connectivity index is 1.89. The van der Waals surface area contributed by atoms with Crippen molar-refractivity contribution in [2.75, 3.05) is 38.7 Å². The molecule has 2 heterocycles. The van der Waals surface area contributed by atoms with Gasteiger partial charge in [0.15, 0.2) is 0 Å². The van der Waals surface area contributed by atoms with Gasteiger partial charge in [0.1, 0.15) is 10.0 Å². The van der Waals surface area contributed by atoms with Gasteiger partial charge in [-0.2, -0.15) is 0 Å². The Morgan fingerprint density at radius 3 is 3.00 bits per heavy atom. The zero-order chi connectivity index (χ0) is 9.80. The third-order valence-electron chi connectivity index (χ3n) is 2.26. The molecule has 0 aliphatic carbocycles. The van der Waals surface area contributed by atoms with Gasteiger partial charge in [-0.15, -0.1) is 11.3 Å². The van der Waals surface area contributed by atoms with E-state index >= 15 is 0 Å². The molecule has 1 aromatic heterocycles. The molecule has 2 rings (SSSR count). The highest BCUT2D eigenvalue weighted by molar-refractivity contribution is 7.15. The Hall–Kier alpha value is -0.650. The second kappa shape index (κ2) is 4.72. The summed E-state index contributed by atoms with van der Waals surface area (Å²) in [5.41, 5.74) is 0. The molecule has 1 aliphatic heterocycles. The topological polar surface area (TPSA) is 37.4 Å². The number of hydrogen-bond acceptors (Lipinski definition) is 5. The van der Waals surface area contributed by atoms with E-state index in [1.807, 2.05) is 13.2 Å². The van der Waals surface area contributed by atoms with Crippen LogP contribution < -0.4 is 5.32 Å². The van der Waals surface area contributed by atoms with Crippen molar-refractivity contribution in [2.45, 2.75) is 6.54 Å². The van der Waals surface area contributed by atoms with Crippen LogP contribution in [0.3, 0.4) is 0 Å². The number of hydrogen-bond donors (Lipinski definition) is 1. The van der Waals surface area contributed by atoms with E-state index in [0.29, 0.717) is 0 Å². The zero-order valence-electron chi connectivity index (χ0n) is 8.32. The van der Waals surface area contributed by atoms with E-state index in [0.717, 1.165) is 37.8 Å². The van der Waals surface area contributed by atoms with Crippen molar-refractivity contribution in [3.8, 4) is 0 Å². The van der Waals surface area contributed by atoms with Gasteiger partial charge < -0.3 is 10.1 Å². The number of nitrogens with one attached hydrogen (secondary N) is 1. The maximum Gasteiger partial charge on any atom is 0.109 e. The molecule has 1 fully saturated rings. The van der Waals surface area contributed by atoms with E-state index in [2.05, 4.69) is 15.2 Å². The molecule has 1 saturated heterocycles. The standard InChI is InChI=1S/C9H15N3OS/c1-10-8-6-11-9(14-8)7-12-2-4-13-5-3-12/h6,10H,2-5,7H2,1H3. The second-order valence-corrected chi connectivity index (χ2v) is 4.37. The van der Waals surface area contributed by atoms with Gasteiger partial charge >= 0.3 is 0 Å². The van der Waals surface area contributed by atoms with Crippen molar-refractivity contribution in [1.29, 1.82) is 0 Å². The van der Waals surface area contributed by atoms with Crippen molar-refractivity contribution in [3.05, 3.63) is 11.2 Å². The van der Waals surface area contributed by atoms with Gasteiger partial charge in [0.05, 0.1) is 26.0 Å². The van der Waals surface area contributed by atoms with Crippen molar-refractivity contribution in [2.24, 2.45) is 0 Å². The minimum atomic E-state index is 0.851. The molecule has 4 nitrogen and oxygen atoms in total. The fourth-order valence-electron chi connectivity index (χ4n) is 1.45. The van der Waals surface area contributed by atoms with E-state index in [9.17, 15) is 0 Å². The normalized spacial score (nSPS) is 18.4. The van der Waals surface area contributed by atoms with Crippen LogP contribution in [0.2, 0.25) is 0 Å². The lowest BCUT2D eigenvalue weighted by Gasteiger charge is -2.25. The Labute approximate surface area is 87.9 Å². The first-order valence-electron chi connectivity index (χ1n) is 4.81. The summed E-state index contributed by atoms with van der Waals surface area (Å²) in [5.74, 6) is 0. The monoisotopic (exact) mass is 213 g/mol. The van der Waals surface area contributed by atoms with Crippen LogP contribution in [-0.2, 0) is 11.3 Å². The molecule has 78 valence electrons. The van der Waals surface area contributed by atoms with Crippen LogP contribution >= 0.6 is 11.3 Å². The molecular weight excluding hydrogens is 198 g/mol. The summed E-state index contributed by atoms with van der Waals surface area (Å²) in [6, 6.07) is 0. The SMILES string of the molecule is CNc1cnc(CN2CCOCC2)s1. The summed E-state index contributed by atoms with van der Waals surface area (Å²) in [5, 5.41) is 5.41. The van der Waals surface area contributed by atoms with Crippen molar-refractivity contribution in [3.63, 3.8) is 0 Å². The number of ether oxygens (including phenoxy) is 1. The molecule has 0 bridgehead atoms.